The van der Waals surface area contributed by atoms with Crippen molar-refractivity contribution in [1.29, 1.82) is 0 Å². The highest BCUT2D eigenvalue weighted by atomic mass is 32.2. The van der Waals surface area contributed by atoms with E-state index in [2.05, 4.69) is 59.4 Å². The lowest BCUT2D eigenvalue weighted by molar-refractivity contribution is -0.112. The normalized spacial score (nSPS) is 18.5. The predicted octanol–water partition coefficient (Wildman–Crippen LogP) is 4.14. The minimum absolute atomic E-state index is 0.0981. The largest absolute Gasteiger partial charge is 0.340 e. The quantitative estimate of drug-likeness (QED) is 0.769. The van der Waals surface area contributed by atoms with Crippen LogP contribution in [0.2, 0.25) is 0 Å². The number of nitrogens with zero attached hydrogens (tertiary/aromatic N) is 1. The molecule has 1 aliphatic rings. The molecule has 0 bridgehead atoms. The summed E-state index contributed by atoms with van der Waals surface area (Å²) in [5, 5.41) is 3.52. The van der Waals surface area contributed by atoms with E-state index in [0.717, 1.165) is 28.2 Å². The maximum absolute atomic E-state index is 11.9. The lowest BCUT2D eigenvalue weighted by Gasteiger charge is -2.16. The van der Waals surface area contributed by atoms with Gasteiger partial charge in [-0.25, -0.2) is 0 Å². The first-order valence-electron chi connectivity index (χ1n) is 8.29. The van der Waals surface area contributed by atoms with Gasteiger partial charge in [0.15, 0.2) is 0 Å². The Morgan fingerprint density at radius 3 is 2.60 bits per heavy atom. The zero-order chi connectivity index (χ0) is 17.4. The van der Waals surface area contributed by atoms with Crippen LogP contribution in [0.15, 0.2) is 60.8 Å². The highest BCUT2D eigenvalue weighted by molar-refractivity contribution is 8.26. The van der Waals surface area contributed by atoms with Gasteiger partial charge < -0.3 is 9.88 Å². The molecule has 2 atom stereocenters. The number of hydrogen-bond acceptors (Lipinski definition) is 3. The summed E-state index contributed by atoms with van der Waals surface area (Å²) >= 11 is 0.766. The number of benzene rings is 2. The van der Waals surface area contributed by atoms with Crippen molar-refractivity contribution in [2.45, 2.75) is 25.4 Å². The molecule has 1 fully saturated rings. The van der Waals surface area contributed by atoms with Crippen LogP contribution in [0.4, 0.5) is 4.79 Å². The van der Waals surface area contributed by atoms with Gasteiger partial charge in [-0.2, -0.15) is 0 Å². The maximum Gasteiger partial charge on any atom is 0.287 e. The Hall–Kier alpha value is -2.53. The number of aromatic nitrogens is 1. The molecule has 0 radical (unpaired) electrons. The summed E-state index contributed by atoms with van der Waals surface area (Å²) in [7, 11) is 0. The average Bonchev–Trinajstić information content (AvgIpc) is 3.19. The Morgan fingerprint density at radius 2 is 1.88 bits per heavy atom. The second-order valence-electron chi connectivity index (χ2n) is 6.27. The standard InChI is InChI=1S/C20H18N2O2S/c1-13(14-6-3-2-4-7-14)22-11-10-16-15(8-5-9-18(16)22)12-17-19(23)25-20(24)21-17/h2-11,13,17H,12H2,1H3,(H,21,24). The summed E-state index contributed by atoms with van der Waals surface area (Å²) in [4.78, 5) is 23.3. The molecule has 0 aliphatic carbocycles. The molecule has 126 valence electrons. The minimum Gasteiger partial charge on any atom is -0.340 e. The number of thioether (sulfide) groups is 1. The molecule has 1 amide bonds. The Kier molecular flexibility index (Phi) is 4.09. The lowest BCUT2D eigenvalue weighted by Crippen LogP contribution is -2.30. The zero-order valence-corrected chi connectivity index (χ0v) is 14.6. The van der Waals surface area contributed by atoms with Crippen LogP contribution >= 0.6 is 11.8 Å². The number of nitrogens with one attached hydrogen (secondary N) is 1. The topological polar surface area (TPSA) is 51.1 Å². The maximum atomic E-state index is 11.9. The van der Waals surface area contributed by atoms with Crippen molar-refractivity contribution in [3.05, 3.63) is 71.9 Å². The van der Waals surface area contributed by atoms with Gasteiger partial charge in [0.2, 0.25) is 5.12 Å². The van der Waals surface area contributed by atoms with Crippen LogP contribution in [-0.2, 0) is 11.2 Å². The first kappa shape index (κ1) is 16.0. The van der Waals surface area contributed by atoms with Gasteiger partial charge in [-0.1, -0.05) is 42.5 Å². The van der Waals surface area contributed by atoms with E-state index in [4.69, 9.17) is 0 Å². The highest BCUT2D eigenvalue weighted by Crippen LogP contribution is 2.28. The molecule has 4 rings (SSSR count). The minimum atomic E-state index is -0.432. The van der Waals surface area contributed by atoms with E-state index in [9.17, 15) is 9.59 Å². The predicted molar refractivity (Wildman–Crippen MR) is 101 cm³/mol. The van der Waals surface area contributed by atoms with E-state index in [1.165, 1.54) is 5.56 Å². The van der Waals surface area contributed by atoms with Crippen molar-refractivity contribution in [3.63, 3.8) is 0 Å². The molecule has 1 saturated heterocycles. The van der Waals surface area contributed by atoms with Gasteiger partial charge in [-0.15, -0.1) is 0 Å². The molecular formula is C20H18N2O2S. The third-order valence-electron chi connectivity index (χ3n) is 4.75. The fourth-order valence-electron chi connectivity index (χ4n) is 3.41. The SMILES string of the molecule is CC(c1ccccc1)n1ccc2c(CC3NC(=O)SC3=O)cccc21. The third kappa shape index (κ3) is 2.96. The van der Waals surface area contributed by atoms with Crippen LogP contribution in [0.25, 0.3) is 10.9 Å². The van der Waals surface area contributed by atoms with Gasteiger partial charge in [0.05, 0.1) is 6.04 Å². The van der Waals surface area contributed by atoms with Gasteiger partial charge >= 0.3 is 0 Å². The Balaban J connectivity index is 1.69. The summed E-state index contributed by atoms with van der Waals surface area (Å²) in [5.41, 5.74) is 3.47. The van der Waals surface area contributed by atoms with Gasteiger partial charge in [0.1, 0.15) is 6.04 Å². The summed E-state index contributed by atoms with van der Waals surface area (Å²) in [6, 6.07) is 18.4. The molecule has 0 saturated carbocycles. The average molecular weight is 350 g/mol. The summed E-state index contributed by atoms with van der Waals surface area (Å²) in [6.45, 7) is 2.18. The van der Waals surface area contributed by atoms with Gasteiger partial charge in [0.25, 0.3) is 5.24 Å². The van der Waals surface area contributed by atoms with E-state index in [1.807, 2.05) is 18.2 Å². The summed E-state index contributed by atoms with van der Waals surface area (Å²) < 4.78 is 2.25. The Labute approximate surface area is 150 Å². The summed E-state index contributed by atoms with van der Waals surface area (Å²) in [5.74, 6) is 0. The molecule has 1 aromatic heterocycles. The smallest absolute Gasteiger partial charge is 0.287 e. The first-order valence-corrected chi connectivity index (χ1v) is 9.10. The molecule has 1 N–H and O–H groups in total. The molecule has 2 aromatic carbocycles. The van der Waals surface area contributed by atoms with E-state index < -0.39 is 6.04 Å². The van der Waals surface area contributed by atoms with Gasteiger partial charge in [-0.05, 0) is 30.2 Å². The second-order valence-corrected chi connectivity index (χ2v) is 7.25. The van der Waals surface area contributed by atoms with Gasteiger partial charge in [0, 0.05) is 35.3 Å². The van der Waals surface area contributed by atoms with Crippen LogP contribution in [0.5, 0.6) is 0 Å². The fraction of sp³-hybridized carbons (Fsp3) is 0.200. The number of amides is 1. The van der Waals surface area contributed by atoms with Crippen molar-refractivity contribution >= 4 is 33.0 Å². The van der Waals surface area contributed by atoms with Crippen molar-refractivity contribution in [1.82, 2.24) is 9.88 Å². The molecule has 0 spiro atoms. The van der Waals surface area contributed by atoms with Crippen molar-refractivity contribution in [2.24, 2.45) is 0 Å². The van der Waals surface area contributed by atoms with Crippen LogP contribution in [0.1, 0.15) is 24.1 Å². The fourth-order valence-corrected chi connectivity index (χ4v) is 4.08. The van der Waals surface area contributed by atoms with Crippen molar-refractivity contribution < 1.29 is 9.59 Å². The van der Waals surface area contributed by atoms with E-state index in [-0.39, 0.29) is 16.4 Å². The van der Waals surface area contributed by atoms with E-state index >= 15 is 0 Å². The number of carbonyl (C=O) groups excluding carboxylic acids is 2. The number of rotatable bonds is 4. The molecular weight excluding hydrogens is 332 g/mol. The zero-order valence-electron chi connectivity index (χ0n) is 13.8. The molecule has 2 heterocycles. The van der Waals surface area contributed by atoms with Crippen LogP contribution < -0.4 is 5.32 Å². The number of fused-ring (bicyclic) bond motifs is 1. The number of carbonyl (C=O) groups is 2. The van der Waals surface area contributed by atoms with Crippen molar-refractivity contribution in [3.8, 4) is 0 Å². The van der Waals surface area contributed by atoms with Crippen LogP contribution in [0.3, 0.4) is 0 Å². The lowest BCUT2D eigenvalue weighted by atomic mass is 10.0. The monoisotopic (exact) mass is 350 g/mol. The van der Waals surface area contributed by atoms with E-state index in [0.29, 0.717) is 6.42 Å². The molecule has 3 aromatic rings. The first-order chi connectivity index (χ1) is 12.1. The Morgan fingerprint density at radius 1 is 1.08 bits per heavy atom. The van der Waals surface area contributed by atoms with Crippen LogP contribution in [-0.4, -0.2) is 21.0 Å². The molecule has 25 heavy (non-hydrogen) atoms. The third-order valence-corrected chi connectivity index (χ3v) is 5.54. The van der Waals surface area contributed by atoms with Crippen LogP contribution in [0, 0.1) is 0 Å². The van der Waals surface area contributed by atoms with E-state index in [1.54, 1.807) is 0 Å². The number of hydrogen-bond donors (Lipinski definition) is 1. The molecule has 1 aliphatic heterocycles. The Bertz CT molecular complexity index is 949. The van der Waals surface area contributed by atoms with Gasteiger partial charge in [-0.3, -0.25) is 9.59 Å². The second kappa shape index (κ2) is 6.41. The summed E-state index contributed by atoms with van der Waals surface area (Å²) in [6.07, 6.45) is 2.62. The highest BCUT2D eigenvalue weighted by Gasteiger charge is 2.31. The molecule has 4 nitrogen and oxygen atoms in total. The molecule has 2 unspecified atom stereocenters. The van der Waals surface area contributed by atoms with Crippen molar-refractivity contribution in [2.75, 3.05) is 0 Å². The molecule has 5 heteroatoms.